The zero-order valence-corrected chi connectivity index (χ0v) is 19.4. The van der Waals surface area contributed by atoms with Crippen molar-refractivity contribution in [1.29, 1.82) is 0 Å². The van der Waals surface area contributed by atoms with Gasteiger partial charge in [-0.15, -0.1) is 11.8 Å². The second kappa shape index (κ2) is 9.16. The van der Waals surface area contributed by atoms with E-state index in [9.17, 15) is 36.3 Å². The first-order valence-corrected chi connectivity index (χ1v) is 12.4. The van der Waals surface area contributed by atoms with Gasteiger partial charge in [-0.2, -0.15) is 13.2 Å². The standard InChI is InChI=1S/C20H18ClF3N2O5S2/c1-19(29,20(22,23)24)18(28)25-15-7-6-12(10-14(15)21)33(30,31)16-5-3-2-4-13(16)17(27)26-8-9-32-11-26/h2-7,10,29H,8-9,11H2,1H3,(H,25,28)/t19-/m1/s1. The highest BCUT2D eigenvalue weighted by Gasteiger charge is 2.55. The quantitative estimate of drug-likeness (QED) is 0.622. The van der Waals surface area contributed by atoms with Crippen LogP contribution >= 0.6 is 23.4 Å². The smallest absolute Gasteiger partial charge is 0.373 e. The van der Waals surface area contributed by atoms with E-state index in [2.05, 4.69) is 0 Å². The van der Waals surface area contributed by atoms with Crippen molar-refractivity contribution >= 4 is 50.7 Å². The number of sulfone groups is 1. The highest BCUT2D eigenvalue weighted by Crippen LogP contribution is 2.34. The molecular formula is C20H18ClF3N2O5S2. The van der Waals surface area contributed by atoms with Crippen LogP contribution in [0.15, 0.2) is 52.3 Å². The molecule has 33 heavy (non-hydrogen) atoms. The van der Waals surface area contributed by atoms with Crippen LogP contribution < -0.4 is 5.32 Å². The average molecular weight is 523 g/mol. The van der Waals surface area contributed by atoms with Crippen molar-refractivity contribution in [2.75, 3.05) is 23.5 Å². The van der Waals surface area contributed by atoms with Crippen LogP contribution in [0.4, 0.5) is 18.9 Å². The van der Waals surface area contributed by atoms with E-state index in [1.807, 2.05) is 5.32 Å². The van der Waals surface area contributed by atoms with E-state index in [4.69, 9.17) is 11.6 Å². The molecular weight excluding hydrogens is 505 g/mol. The lowest BCUT2D eigenvalue weighted by Crippen LogP contribution is -2.52. The molecule has 2 N–H and O–H groups in total. The molecule has 13 heteroatoms. The summed E-state index contributed by atoms with van der Waals surface area (Å²) in [6, 6.07) is 8.64. The van der Waals surface area contributed by atoms with Crippen LogP contribution in [-0.2, 0) is 14.6 Å². The molecule has 1 heterocycles. The topological polar surface area (TPSA) is 104 Å². The van der Waals surface area contributed by atoms with Gasteiger partial charge in [0, 0.05) is 12.3 Å². The van der Waals surface area contributed by atoms with Crippen molar-refractivity contribution in [3.63, 3.8) is 0 Å². The van der Waals surface area contributed by atoms with E-state index in [0.717, 1.165) is 24.0 Å². The lowest BCUT2D eigenvalue weighted by Gasteiger charge is -2.25. The van der Waals surface area contributed by atoms with Gasteiger partial charge in [-0.3, -0.25) is 9.59 Å². The Morgan fingerprint density at radius 2 is 1.85 bits per heavy atom. The summed E-state index contributed by atoms with van der Waals surface area (Å²) in [5.74, 6) is -1.05. The number of carbonyl (C=O) groups excluding carboxylic acids is 2. The highest BCUT2D eigenvalue weighted by molar-refractivity contribution is 7.99. The number of nitrogens with one attached hydrogen (secondary N) is 1. The monoisotopic (exact) mass is 522 g/mol. The number of anilines is 1. The fourth-order valence-corrected chi connectivity index (χ4v) is 5.60. The number of benzene rings is 2. The molecule has 1 aliphatic rings. The number of hydrogen-bond donors (Lipinski definition) is 2. The highest BCUT2D eigenvalue weighted by atomic mass is 35.5. The van der Waals surface area contributed by atoms with Gasteiger partial charge < -0.3 is 15.3 Å². The Hall–Kier alpha value is -2.28. The van der Waals surface area contributed by atoms with Crippen molar-refractivity contribution < 1.29 is 36.3 Å². The number of nitrogens with zero attached hydrogens (tertiary/aromatic N) is 1. The number of alkyl halides is 3. The van der Waals surface area contributed by atoms with E-state index in [-0.39, 0.29) is 33.0 Å². The Labute approximate surface area is 196 Å². The molecule has 0 saturated carbocycles. The molecule has 7 nitrogen and oxygen atoms in total. The fourth-order valence-electron chi connectivity index (χ4n) is 2.89. The molecule has 0 unspecified atom stereocenters. The normalized spacial score (nSPS) is 16.4. The van der Waals surface area contributed by atoms with E-state index >= 15 is 0 Å². The van der Waals surface area contributed by atoms with E-state index in [1.165, 1.54) is 29.2 Å². The predicted octanol–water partition coefficient (Wildman–Crippen LogP) is 3.57. The molecule has 0 bridgehead atoms. The Morgan fingerprint density at radius 1 is 1.18 bits per heavy atom. The lowest BCUT2D eigenvalue weighted by molar-refractivity contribution is -0.242. The van der Waals surface area contributed by atoms with Gasteiger partial charge in [-0.1, -0.05) is 23.7 Å². The Kier molecular flexibility index (Phi) is 7.04. The molecule has 3 rings (SSSR count). The molecule has 0 radical (unpaired) electrons. The number of aliphatic hydroxyl groups is 1. The number of carbonyl (C=O) groups is 2. The zero-order valence-electron chi connectivity index (χ0n) is 17.0. The predicted molar refractivity (Wildman–Crippen MR) is 117 cm³/mol. The minimum atomic E-state index is -5.24. The summed E-state index contributed by atoms with van der Waals surface area (Å²) >= 11 is 7.56. The SMILES string of the molecule is C[C@@](O)(C(=O)Nc1ccc(S(=O)(=O)c2ccccc2C(=O)N2CCSC2)cc1Cl)C(F)(F)F. The number of halogens is 4. The number of thioether (sulfide) groups is 1. The first kappa shape index (κ1) is 25.3. The summed E-state index contributed by atoms with van der Waals surface area (Å²) in [5.41, 5.74) is -4.04. The second-order valence-electron chi connectivity index (χ2n) is 7.27. The van der Waals surface area contributed by atoms with Crippen molar-refractivity contribution in [2.24, 2.45) is 0 Å². The minimum Gasteiger partial charge on any atom is -0.373 e. The molecule has 178 valence electrons. The van der Waals surface area contributed by atoms with Crippen molar-refractivity contribution in [2.45, 2.75) is 28.5 Å². The van der Waals surface area contributed by atoms with Crippen LogP contribution in [0.1, 0.15) is 17.3 Å². The van der Waals surface area contributed by atoms with Crippen LogP contribution in [0.5, 0.6) is 0 Å². The average Bonchev–Trinajstić information content (AvgIpc) is 3.28. The van der Waals surface area contributed by atoms with Gasteiger partial charge in [0.05, 0.1) is 31.9 Å². The zero-order chi connectivity index (χ0) is 24.6. The molecule has 0 spiro atoms. The van der Waals surface area contributed by atoms with Crippen LogP contribution in [0.3, 0.4) is 0 Å². The molecule has 1 atom stereocenters. The maximum Gasteiger partial charge on any atom is 0.426 e. The number of amides is 2. The van der Waals surface area contributed by atoms with Gasteiger partial charge in [-0.25, -0.2) is 8.42 Å². The number of rotatable bonds is 5. The summed E-state index contributed by atoms with van der Waals surface area (Å²) in [5, 5.41) is 10.9. The van der Waals surface area contributed by atoms with Crippen LogP contribution in [-0.4, -0.2) is 60.2 Å². The molecule has 2 amide bonds. The van der Waals surface area contributed by atoms with Crippen molar-refractivity contribution in [1.82, 2.24) is 4.90 Å². The molecule has 2 aromatic rings. The summed E-state index contributed by atoms with van der Waals surface area (Å²) < 4.78 is 65.0. The summed E-state index contributed by atoms with van der Waals surface area (Å²) in [6.07, 6.45) is -5.24. The van der Waals surface area contributed by atoms with Gasteiger partial charge in [0.25, 0.3) is 11.8 Å². The molecule has 2 aromatic carbocycles. The van der Waals surface area contributed by atoms with Crippen LogP contribution in [0, 0.1) is 0 Å². The van der Waals surface area contributed by atoms with Gasteiger partial charge in [-0.05, 0) is 37.3 Å². The second-order valence-corrected chi connectivity index (χ2v) is 10.7. The molecule has 0 aliphatic carbocycles. The first-order valence-electron chi connectivity index (χ1n) is 9.38. The summed E-state index contributed by atoms with van der Waals surface area (Å²) in [7, 11) is -4.24. The van der Waals surface area contributed by atoms with Gasteiger partial charge in [0.1, 0.15) is 0 Å². The van der Waals surface area contributed by atoms with Crippen LogP contribution in [0.25, 0.3) is 0 Å². The van der Waals surface area contributed by atoms with Crippen molar-refractivity contribution in [3.05, 3.63) is 53.1 Å². The van der Waals surface area contributed by atoms with Crippen LogP contribution in [0.2, 0.25) is 5.02 Å². The van der Waals surface area contributed by atoms with Gasteiger partial charge in [0.15, 0.2) is 0 Å². The molecule has 0 aromatic heterocycles. The van der Waals surface area contributed by atoms with Gasteiger partial charge in [0.2, 0.25) is 15.4 Å². The molecule has 1 saturated heterocycles. The van der Waals surface area contributed by atoms with Gasteiger partial charge >= 0.3 is 6.18 Å². The summed E-state index contributed by atoms with van der Waals surface area (Å²) in [6.45, 7) is 0.766. The maximum atomic E-state index is 13.2. The first-order chi connectivity index (χ1) is 15.3. The third-order valence-electron chi connectivity index (χ3n) is 4.94. The maximum absolute atomic E-state index is 13.2. The fraction of sp³-hybridized carbons (Fsp3) is 0.300. The Balaban J connectivity index is 1.93. The Bertz CT molecular complexity index is 1200. The number of hydrogen-bond acceptors (Lipinski definition) is 6. The Morgan fingerprint density at radius 3 is 2.42 bits per heavy atom. The van der Waals surface area contributed by atoms with Crippen molar-refractivity contribution in [3.8, 4) is 0 Å². The third-order valence-corrected chi connectivity index (χ3v) is 8.03. The summed E-state index contributed by atoms with van der Waals surface area (Å²) in [4.78, 5) is 25.6. The minimum absolute atomic E-state index is 0.0188. The van der Waals surface area contributed by atoms with E-state index in [1.54, 1.807) is 11.8 Å². The third kappa shape index (κ3) is 4.98. The molecule has 1 fully saturated rings. The van der Waals surface area contributed by atoms with E-state index in [0.29, 0.717) is 12.4 Å². The largest absolute Gasteiger partial charge is 0.426 e. The molecule has 1 aliphatic heterocycles. The lowest BCUT2D eigenvalue weighted by atomic mass is 10.1. The van der Waals surface area contributed by atoms with E-state index < -0.39 is 33.4 Å².